The third kappa shape index (κ3) is 9.59. The topological polar surface area (TPSA) is 113 Å². The number of aliphatic imine (C=N–C) groups is 1. The zero-order valence-corrected chi connectivity index (χ0v) is 19.0. The molecule has 4 N–H and O–H groups in total. The Kier molecular flexibility index (Phi) is 9.42. The van der Waals surface area contributed by atoms with Gasteiger partial charge < -0.3 is 30.7 Å². The van der Waals surface area contributed by atoms with E-state index in [2.05, 4.69) is 26.3 Å². The fraction of sp³-hybridized carbons (Fsp3) is 0.591. The Morgan fingerprint density at radius 2 is 1.77 bits per heavy atom. The molecule has 1 aliphatic heterocycles. The average Bonchev–Trinajstić information content (AvgIpc) is 2.94. The number of rotatable bonds is 8. The second kappa shape index (κ2) is 12.0. The Bertz CT molecular complexity index is 774. The lowest BCUT2D eigenvalue weighted by molar-refractivity contribution is -0.121. The number of nitrogens with one attached hydrogen (secondary N) is 4. The van der Waals surface area contributed by atoms with Gasteiger partial charge in [-0.15, -0.1) is 0 Å². The van der Waals surface area contributed by atoms with Crippen molar-refractivity contribution >= 4 is 23.5 Å². The number of hydrogen-bond acceptors (Lipinski definition) is 5. The molecule has 0 bridgehead atoms. The summed E-state index contributed by atoms with van der Waals surface area (Å²) in [7, 11) is 0. The summed E-state index contributed by atoms with van der Waals surface area (Å²) >= 11 is 0. The summed E-state index contributed by atoms with van der Waals surface area (Å²) in [6.07, 6.45) is 2.02. The Labute approximate surface area is 184 Å². The van der Waals surface area contributed by atoms with Crippen molar-refractivity contribution in [3.8, 4) is 11.5 Å². The second-order valence-corrected chi connectivity index (χ2v) is 8.33. The van der Waals surface area contributed by atoms with E-state index in [4.69, 9.17) is 9.47 Å². The highest BCUT2D eigenvalue weighted by molar-refractivity contribution is 5.95. The molecule has 172 valence electrons. The van der Waals surface area contributed by atoms with E-state index in [9.17, 15) is 9.59 Å². The van der Waals surface area contributed by atoms with E-state index in [1.165, 1.54) is 0 Å². The van der Waals surface area contributed by atoms with Crippen LogP contribution in [0.2, 0.25) is 0 Å². The van der Waals surface area contributed by atoms with Crippen molar-refractivity contribution in [3.63, 3.8) is 0 Å². The van der Waals surface area contributed by atoms with Crippen LogP contribution in [0.25, 0.3) is 0 Å². The first kappa shape index (κ1) is 24.3. The van der Waals surface area contributed by atoms with Gasteiger partial charge in [-0.25, -0.2) is 4.99 Å². The molecule has 9 nitrogen and oxygen atoms in total. The van der Waals surface area contributed by atoms with Crippen LogP contribution in [-0.4, -0.2) is 56.2 Å². The van der Waals surface area contributed by atoms with Crippen LogP contribution in [0.4, 0.5) is 5.69 Å². The number of fused-ring (bicyclic) bond motifs is 1. The quantitative estimate of drug-likeness (QED) is 0.369. The van der Waals surface area contributed by atoms with Crippen LogP contribution in [0.5, 0.6) is 11.5 Å². The van der Waals surface area contributed by atoms with Crippen molar-refractivity contribution in [1.29, 1.82) is 0 Å². The van der Waals surface area contributed by atoms with E-state index in [0.29, 0.717) is 50.2 Å². The van der Waals surface area contributed by atoms with E-state index in [0.717, 1.165) is 18.5 Å². The van der Waals surface area contributed by atoms with Gasteiger partial charge in [-0.1, -0.05) is 6.92 Å². The van der Waals surface area contributed by atoms with Crippen LogP contribution < -0.4 is 30.7 Å². The van der Waals surface area contributed by atoms with Crippen LogP contribution in [0.3, 0.4) is 0 Å². The molecule has 0 spiro atoms. The van der Waals surface area contributed by atoms with Crippen molar-refractivity contribution in [2.75, 3.05) is 38.2 Å². The van der Waals surface area contributed by atoms with Gasteiger partial charge in [-0.3, -0.25) is 9.59 Å². The van der Waals surface area contributed by atoms with E-state index in [1.807, 2.05) is 45.9 Å². The third-order valence-corrected chi connectivity index (χ3v) is 4.12. The van der Waals surface area contributed by atoms with Crippen molar-refractivity contribution < 1.29 is 19.1 Å². The van der Waals surface area contributed by atoms with E-state index in [1.54, 1.807) is 0 Å². The van der Waals surface area contributed by atoms with Crippen LogP contribution in [-0.2, 0) is 9.59 Å². The summed E-state index contributed by atoms with van der Waals surface area (Å²) in [6.45, 7) is 9.96. The molecule has 0 fully saturated rings. The zero-order valence-electron chi connectivity index (χ0n) is 19.0. The molecule has 1 heterocycles. The summed E-state index contributed by atoms with van der Waals surface area (Å²) in [6, 6.07) is 5.53. The predicted molar refractivity (Wildman–Crippen MR) is 122 cm³/mol. The zero-order chi connectivity index (χ0) is 22.7. The van der Waals surface area contributed by atoms with Crippen molar-refractivity contribution in [2.45, 2.75) is 52.5 Å². The van der Waals surface area contributed by atoms with Gasteiger partial charge in [0.25, 0.3) is 0 Å². The first-order valence-corrected chi connectivity index (χ1v) is 10.8. The Balaban J connectivity index is 2.04. The number of nitrogens with zero attached hydrogens (tertiary/aromatic N) is 1. The highest BCUT2D eigenvalue weighted by atomic mass is 16.5. The maximum Gasteiger partial charge on any atom is 0.242 e. The number of guanidine groups is 1. The molecule has 0 saturated carbocycles. The molecule has 0 radical (unpaired) electrons. The number of carbonyl (C=O) groups excluding carboxylic acids is 2. The minimum absolute atomic E-state index is 0.0326. The molecule has 0 aromatic heterocycles. The van der Waals surface area contributed by atoms with Gasteiger partial charge in [-0.2, -0.15) is 0 Å². The molecule has 0 saturated heterocycles. The van der Waals surface area contributed by atoms with Gasteiger partial charge in [0.15, 0.2) is 17.5 Å². The monoisotopic (exact) mass is 433 g/mol. The maximum atomic E-state index is 12.2. The molecule has 1 aromatic rings. The fourth-order valence-electron chi connectivity index (χ4n) is 2.77. The number of carbonyl (C=O) groups is 2. The molecular formula is C22H35N5O4. The molecule has 2 amide bonds. The van der Waals surface area contributed by atoms with Gasteiger partial charge >= 0.3 is 0 Å². The minimum atomic E-state index is -0.334. The van der Waals surface area contributed by atoms with Crippen molar-refractivity contribution in [2.24, 2.45) is 4.99 Å². The Morgan fingerprint density at radius 1 is 1.03 bits per heavy atom. The highest BCUT2D eigenvalue weighted by Gasteiger charge is 2.14. The molecule has 0 aliphatic carbocycles. The SMILES string of the molecule is CCCNC(=O)CCNC(=NCC(=O)NC(C)(C)C)Nc1ccc2c(c1)OCCCO2. The van der Waals surface area contributed by atoms with Gasteiger partial charge in [0.05, 0.1) is 13.2 Å². The Hall–Kier alpha value is -2.97. The summed E-state index contributed by atoms with van der Waals surface area (Å²) < 4.78 is 11.4. The average molecular weight is 434 g/mol. The van der Waals surface area contributed by atoms with Gasteiger partial charge in [-0.05, 0) is 39.3 Å². The first-order valence-electron chi connectivity index (χ1n) is 10.8. The van der Waals surface area contributed by atoms with Gasteiger partial charge in [0.1, 0.15) is 6.54 Å². The third-order valence-electron chi connectivity index (χ3n) is 4.12. The van der Waals surface area contributed by atoms with Gasteiger partial charge in [0.2, 0.25) is 11.8 Å². The smallest absolute Gasteiger partial charge is 0.242 e. The lowest BCUT2D eigenvalue weighted by Gasteiger charge is -2.20. The van der Waals surface area contributed by atoms with Crippen LogP contribution in [0.1, 0.15) is 47.0 Å². The van der Waals surface area contributed by atoms with Crippen LogP contribution in [0.15, 0.2) is 23.2 Å². The van der Waals surface area contributed by atoms with E-state index >= 15 is 0 Å². The maximum absolute atomic E-state index is 12.2. The largest absolute Gasteiger partial charge is 0.490 e. The van der Waals surface area contributed by atoms with Crippen molar-refractivity contribution in [1.82, 2.24) is 16.0 Å². The van der Waals surface area contributed by atoms with E-state index < -0.39 is 0 Å². The summed E-state index contributed by atoms with van der Waals surface area (Å²) in [4.78, 5) is 28.4. The lowest BCUT2D eigenvalue weighted by atomic mass is 10.1. The lowest BCUT2D eigenvalue weighted by Crippen LogP contribution is -2.42. The fourth-order valence-corrected chi connectivity index (χ4v) is 2.77. The molecule has 2 rings (SSSR count). The number of amides is 2. The summed E-state index contributed by atoms with van der Waals surface area (Å²) in [5, 5.41) is 12.0. The number of hydrogen-bond donors (Lipinski definition) is 4. The molecule has 1 aromatic carbocycles. The van der Waals surface area contributed by atoms with Gasteiger partial charge in [0, 0.05) is 43.2 Å². The number of anilines is 1. The van der Waals surface area contributed by atoms with Crippen molar-refractivity contribution in [3.05, 3.63) is 18.2 Å². The molecule has 0 unspecified atom stereocenters. The normalized spacial score (nSPS) is 13.7. The first-order chi connectivity index (χ1) is 14.8. The molecule has 31 heavy (non-hydrogen) atoms. The number of ether oxygens (including phenoxy) is 2. The standard InChI is InChI=1S/C22H35N5O4/c1-5-10-23-19(28)9-11-24-21(25-15-20(29)27-22(2,3)4)26-16-7-8-17-18(14-16)31-13-6-12-30-17/h7-8,14H,5-6,9-13,15H2,1-4H3,(H,23,28)(H,27,29)(H2,24,25,26). The number of benzene rings is 1. The minimum Gasteiger partial charge on any atom is -0.490 e. The summed E-state index contributed by atoms with van der Waals surface area (Å²) in [5.74, 6) is 1.54. The second-order valence-electron chi connectivity index (χ2n) is 8.33. The molecule has 0 atom stereocenters. The summed E-state index contributed by atoms with van der Waals surface area (Å²) in [5.41, 5.74) is 0.404. The molecule has 1 aliphatic rings. The molecule has 9 heteroatoms. The Morgan fingerprint density at radius 3 is 2.48 bits per heavy atom. The molecular weight excluding hydrogens is 398 g/mol. The predicted octanol–water partition coefficient (Wildman–Crippen LogP) is 2.04. The highest BCUT2D eigenvalue weighted by Crippen LogP contribution is 2.32. The van der Waals surface area contributed by atoms with Crippen LogP contribution >= 0.6 is 0 Å². The van der Waals surface area contributed by atoms with E-state index in [-0.39, 0.29) is 23.9 Å². The van der Waals surface area contributed by atoms with Crippen LogP contribution in [0, 0.1) is 0 Å².